The van der Waals surface area contributed by atoms with E-state index in [0.29, 0.717) is 17.9 Å². The molecule has 1 heterocycles. The van der Waals surface area contributed by atoms with E-state index in [-0.39, 0.29) is 5.41 Å². The number of amides is 1. The quantitative estimate of drug-likeness (QED) is 0.821. The molecular weight excluding hydrogens is 236 g/mol. The van der Waals surface area contributed by atoms with Crippen molar-refractivity contribution in [2.24, 2.45) is 11.3 Å². The second kappa shape index (κ2) is 6.74. The lowest BCUT2D eigenvalue weighted by Gasteiger charge is -2.38. The molecular formula is C16H30N2O. The van der Waals surface area contributed by atoms with Gasteiger partial charge in [-0.3, -0.25) is 4.79 Å². The van der Waals surface area contributed by atoms with Gasteiger partial charge in [-0.05, 0) is 58.0 Å². The predicted molar refractivity (Wildman–Crippen MR) is 79.0 cm³/mol. The van der Waals surface area contributed by atoms with Gasteiger partial charge in [0.15, 0.2) is 0 Å². The van der Waals surface area contributed by atoms with Crippen molar-refractivity contribution >= 4 is 5.91 Å². The van der Waals surface area contributed by atoms with E-state index in [9.17, 15) is 4.79 Å². The number of carbonyl (C=O) groups is 1. The van der Waals surface area contributed by atoms with E-state index in [1.807, 2.05) is 0 Å². The van der Waals surface area contributed by atoms with Crippen LogP contribution in [0.2, 0.25) is 0 Å². The molecule has 1 aliphatic carbocycles. The number of rotatable bonds is 4. The Morgan fingerprint density at radius 2 is 1.89 bits per heavy atom. The van der Waals surface area contributed by atoms with Gasteiger partial charge in [0.2, 0.25) is 5.91 Å². The van der Waals surface area contributed by atoms with Gasteiger partial charge in [0, 0.05) is 6.04 Å². The molecule has 0 unspecified atom stereocenters. The van der Waals surface area contributed by atoms with Crippen LogP contribution in [0.5, 0.6) is 0 Å². The van der Waals surface area contributed by atoms with E-state index >= 15 is 0 Å². The Kier molecular flexibility index (Phi) is 5.26. The Morgan fingerprint density at radius 3 is 2.47 bits per heavy atom. The van der Waals surface area contributed by atoms with Gasteiger partial charge >= 0.3 is 0 Å². The summed E-state index contributed by atoms with van der Waals surface area (Å²) in [6.45, 7) is 6.34. The van der Waals surface area contributed by atoms with Crippen LogP contribution in [0.15, 0.2) is 0 Å². The first-order chi connectivity index (χ1) is 9.18. The topological polar surface area (TPSA) is 41.1 Å². The molecule has 0 aromatic carbocycles. The van der Waals surface area contributed by atoms with Crippen molar-refractivity contribution in [2.75, 3.05) is 13.1 Å². The molecule has 0 aromatic rings. The Morgan fingerprint density at radius 1 is 1.26 bits per heavy atom. The Bertz CT molecular complexity index is 291. The van der Waals surface area contributed by atoms with Crippen molar-refractivity contribution in [1.29, 1.82) is 0 Å². The fourth-order valence-electron chi connectivity index (χ4n) is 3.76. The van der Waals surface area contributed by atoms with Crippen molar-refractivity contribution in [2.45, 2.75) is 71.3 Å². The first-order valence-electron chi connectivity index (χ1n) is 8.19. The third-order valence-electron chi connectivity index (χ3n) is 5.43. The van der Waals surface area contributed by atoms with Crippen molar-refractivity contribution in [1.82, 2.24) is 10.6 Å². The minimum Gasteiger partial charge on any atom is -0.353 e. The number of carbonyl (C=O) groups excluding carboxylic acids is 1. The van der Waals surface area contributed by atoms with Gasteiger partial charge in [-0.1, -0.05) is 26.2 Å². The van der Waals surface area contributed by atoms with E-state index in [1.54, 1.807) is 0 Å². The van der Waals surface area contributed by atoms with Crippen molar-refractivity contribution in [3.05, 3.63) is 0 Å². The van der Waals surface area contributed by atoms with Crippen LogP contribution in [0.3, 0.4) is 0 Å². The highest BCUT2D eigenvalue weighted by atomic mass is 16.2. The van der Waals surface area contributed by atoms with E-state index < -0.39 is 0 Å². The van der Waals surface area contributed by atoms with Crippen molar-refractivity contribution < 1.29 is 4.79 Å². The summed E-state index contributed by atoms with van der Waals surface area (Å²) < 4.78 is 0. The summed E-state index contributed by atoms with van der Waals surface area (Å²) >= 11 is 0. The molecule has 110 valence electrons. The molecule has 3 heteroatoms. The lowest BCUT2D eigenvalue weighted by molar-refractivity contribution is -0.134. The normalized spacial score (nSPS) is 25.8. The van der Waals surface area contributed by atoms with Crippen molar-refractivity contribution in [3.63, 3.8) is 0 Å². The second-order valence-electron chi connectivity index (χ2n) is 6.54. The molecule has 0 radical (unpaired) electrons. The molecule has 19 heavy (non-hydrogen) atoms. The van der Waals surface area contributed by atoms with Crippen LogP contribution in [0.1, 0.15) is 65.2 Å². The van der Waals surface area contributed by atoms with E-state index in [2.05, 4.69) is 24.5 Å². The summed E-state index contributed by atoms with van der Waals surface area (Å²) in [6.07, 6.45) is 9.60. The summed E-state index contributed by atoms with van der Waals surface area (Å²) in [7, 11) is 0. The largest absolute Gasteiger partial charge is 0.353 e. The van der Waals surface area contributed by atoms with Gasteiger partial charge in [-0.2, -0.15) is 0 Å². The molecule has 1 atom stereocenters. The van der Waals surface area contributed by atoms with Crippen LogP contribution in [-0.4, -0.2) is 25.0 Å². The van der Waals surface area contributed by atoms with Gasteiger partial charge in [-0.25, -0.2) is 0 Å². The number of nitrogens with one attached hydrogen (secondary N) is 2. The smallest absolute Gasteiger partial charge is 0.226 e. The zero-order chi connectivity index (χ0) is 13.7. The fraction of sp³-hybridized carbons (Fsp3) is 0.938. The van der Waals surface area contributed by atoms with Crippen LogP contribution in [0.4, 0.5) is 0 Å². The summed E-state index contributed by atoms with van der Waals surface area (Å²) in [5, 5.41) is 6.71. The molecule has 2 N–H and O–H groups in total. The Labute approximate surface area is 117 Å². The van der Waals surface area contributed by atoms with Crippen LogP contribution in [-0.2, 0) is 4.79 Å². The molecule has 0 spiro atoms. The molecule has 0 bridgehead atoms. The molecule has 1 saturated heterocycles. The lowest BCUT2D eigenvalue weighted by Crippen LogP contribution is -2.51. The zero-order valence-electron chi connectivity index (χ0n) is 12.6. The molecule has 1 aliphatic heterocycles. The first kappa shape index (κ1) is 14.8. The fourth-order valence-corrected chi connectivity index (χ4v) is 3.76. The van der Waals surface area contributed by atoms with E-state index in [1.165, 1.54) is 32.1 Å². The van der Waals surface area contributed by atoms with Crippen LogP contribution in [0.25, 0.3) is 0 Å². The monoisotopic (exact) mass is 266 g/mol. The predicted octanol–water partition coefficient (Wildman–Crippen LogP) is 2.85. The van der Waals surface area contributed by atoms with E-state index in [4.69, 9.17) is 0 Å². The summed E-state index contributed by atoms with van der Waals surface area (Å²) in [6, 6.07) is 0.353. The van der Waals surface area contributed by atoms with Crippen LogP contribution in [0, 0.1) is 11.3 Å². The SMILES string of the molecule is CCC1(C(=O)N[C@H](C)C2CCCCC2)CCNCC1. The first-order valence-corrected chi connectivity index (χ1v) is 8.19. The third kappa shape index (κ3) is 3.50. The summed E-state index contributed by atoms with van der Waals surface area (Å²) in [5.41, 5.74) is -0.103. The summed E-state index contributed by atoms with van der Waals surface area (Å²) in [5.74, 6) is 1.02. The second-order valence-corrected chi connectivity index (χ2v) is 6.54. The maximum atomic E-state index is 12.7. The molecule has 1 amide bonds. The maximum absolute atomic E-state index is 12.7. The highest BCUT2D eigenvalue weighted by Crippen LogP contribution is 2.34. The highest BCUT2D eigenvalue weighted by molar-refractivity contribution is 5.83. The minimum absolute atomic E-state index is 0.103. The van der Waals surface area contributed by atoms with Gasteiger partial charge in [0.05, 0.1) is 5.41 Å². The number of hydrogen-bond donors (Lipinski definition) is 2. The van der Waals surface area contributed by atoms with Gasteiger partial charge in [-0.15, -0.1) is 0 Å². The van der Waals surface area contributed by atoms with Gasteiger partial charge in [0.1, 0.15) is 0 Å². The zero-order valence-corrected chi connectivity index (χ0v) is 12.6. The van der Waals surface area contributed by atoms with Gasteiger partial charge < -0.3 is 10.6 Å². The molecule has 2 rings (SSSR count). The summed E-state index contributed by atoms with van der Waals surface area (Å²) in [4.78, 5) is 12.7. The average Bonchev–Trinajstić information content (AvgIpc) is 2.48. The molecule has 2 aliphatic rings. The van der Waals surface area contributed by atoms with Gasteiger partial charge in [0.25, 0.3) is 0 Å². The number of hydrogen-bond acceptors (Lipinski definition) is 2. The maximum Gasteiger partial charge on any atom is 0.226 e. The molecule has 3 nitrogen and oxygen atoms in total. The Hall–Kier alpha value is -0.570. The molecule has 2 fully saturated rings. The van der Waals surface area contributed by atoms with Crippen LogP contribution < -0.4 is 10.6 Å². The molecule has 1 saturated carbocycles. The minimum atomic E-state index is -0.103. The van der Waals surface area contributed by atoms with Crippen LogP contribution >= 0.6 is 0 Å². The standard InChI is InChI=1S/C16H30N2O/c1-3-16(9-11-17-12-10-16)15(19)18-13(2)14-7-5-4-6-8-14/h13-14,17H,3-12H2,1-2H3,(H,18,19)/t13-/m1/s1. The third-order valence-corrected chi connectivity index (χ3v) is 5.43. The average molecular weight is 266 g/mol. The van der Waals surface area contributed by atoms with Crippen molar-refractivity contribution in [3.8, 4) is 0 Å². The molecule has 0 aromatic heterocycles. The Balaban J connectivity index is 1.90. The van der Waals surface area contributed by atoms with E-state index in [0.717, 1.165) is 32.4 Å². The lowest BCUT2D eigenvalue weighted by atomic mass is 9.75. The highest BCUT2D eigenvalue weighted by Gasteiger charge is 2.38. The number of piperidine rings is 1.